The Kier molecular flexibility index (Phi) is 6.01. The van der Waals surface area contributed by atoms with Gasteiger partial charge in [0.25, 0.3) is 0 Å². The number of ether oxygens (including phenoxy) is 1. The highest BCUT2D eigenvalue weighted by atomic mass is 16.5. The Morgan fingerprint density at radius 1 is 1.12 bits per heavy atom. The van der Waals surface area contributed by atoms with E-state index in [0.29, 0.717) is 24.9 Å². The van der Waals surface area contributed by atoms with Gasteiger partial charge in [-0.15, -0.1) is 0 Å². The monoisotopic (exact) mass is 236 g/mol. The van der Waals surface area contributed by atoms with Crippen molar-refractivity contribution in [2.45, 2.75) is 20.3 Å². The number of para-hydroxylation sites is 1. The van der Waals surface area contributed by atoms with E-state index in [1.807, 2.05) is 18.2 Å². The van der Waals surface area contributed by atoms with Crippen LogP contribution in [0.1, 0.15) is 19.4 Å². The molecule has 0 saturated heterocycles. The van der Waals surface area contributed by atoms with Crippen molar-refractivity contribution in [3.63, 3.8) is 0 Å². The minimum Gasteiger partial charge on any atom is -0.493 e. The molecule has 17 heavy (non-hydrogen) atoms. The van der Waals surface area contributed by atoms with Crippen LogP contribution in [0.5, 0.6) is 5.75 Å². The van der Waals surface area contributed by atoms with Gasteiger partial charge in [-0.1, -0.05) is 32.0 Å². The number of rotatable bonds is 7. The van der Waals surface area contributed by atoms with Crippen LogP contribution in [-0.4, -0.2) is 19.7 Å². The maximum Gasteiger partial charge on any atom is 0.122 e. The van der Waals surface area contributed by atoms with E-state index in [1.165, 1.54) is 5.56 Å². The fraction of sp³-hybridized carbons (Fsp3) is 0.571. The maximum absolute atomic E-state index is 5.81. The molecule has 0 aliphatic heterocycles. The zero-order valence-electron chi connectivity index (χ0n) is 10.9. The summed E-state index contributed by atoms with van der Waals surface area (Å²) in [5.41, 5.74) is 12.6. The van der Waals surface area contributed by atoms with Crippen molar-refractivity contribution in [2.24, 2.45) is 23.3 Å². The molecule has 0 unspecified atom stereocenters. The first-order valence-corrected chi connectivity index (χ1v) is 6.28. The summed E-state index contributed by atoms with van der Waals surface area (Å²) in [6.07, 6.45) is 0.890. The lowest BCUT2D eigenvalue weighted by Gasteiger charge is -2.16. The van der Waals surface area contributed by atoms with Crippen molar-refractivity contribution >= 4 is 0 Å². The summed E-state index contributed by atoms with van der Waals surface area (Å²) in [7, 11) is 0. The number of hydrogen-bond acceptors (Lipinski definition) is 3. The quantitative estimate of drug-likeness (QED) is 0.759. The van der Waals surface area contributed by atoms with Crippen molar-refractivity contribution < 1.29 is 4.74 Å². The summed E-state index contributed by atoms with van der Waals surface area (Å²) < 4.78 is 5.81. The third-order valence-electron chi connectivity index (χ3n) is 2.72. The molecule has 0 amide bonds. The van der Waals surface area contributed by atoms with Crippen molar-refractivity contribution in [1.29, 1.82) is 0 Å². The first-order valence-electron chi connectivity index (χ1n) is 6.28. The van der Waals surface area contributed by atoms with Gasteiger partial charge in [0.05, 0.1) is 6.61 Å². The van der Waals surface area contributed by atoms with Crippen LogP contribution < -0.4 is 16.2 Å². The van der Waals surface area contributed by atoms with E-state index in [0.717, 1.165) is 18.8 Å². The number of nitrogens with two attached hydrogens (primary N) is 2. The molecular formula is C14H24N2O. The van der Waals surface area contributed by atoms with Gasteiger partial charge in [0.2, 0.25) is 0 Å². The van der Waals surface area contributed by atoms with Gasteiger partial charge >= 0.3 is 0 Å². The molecule has 0 fully saturated rings. The molecule has 0 radical (unpaired) electrons. The zero-order chi connectivity index (χ0) is 12.7. The normalized spacial score (nSPS) is 11.2. The molecule has 0 heterocycles. The largest absolute Gasteiger partial charge is 0.493 e. The molecule has 0 aromatic heterocycles. The first kappa shape index (κ1) is 14.0. The molecule has 0 bridgehead atoms. The van der Waals surface area contributed by atoms with E-state index >= 15 is 0 Å². The van der Waals surface area contributed by atoms with Crippen molar-refractivity contribution in [1.82, 2.24) is 0 Å². The minimum absolute atomic E-state index is 0.332. The van der Waals surface area contributed by atoms with Crippen molar-refractivity contribution in [2.75, 3.05) is 19.7 Å². The second-order valence-corrected chi connectivity index (χ2v) is 4.85. The molecular weight excluding hydrogens is 212 g/mol. The molecule has 1 aromatic rings. The third kappa shape index (κ3) is 4.75. The molecule has 0 saturated carbocycles. The van der Waals surface area contributed by atoms with Crippen molar-refractivity contribution in [3.05, 3.63) is 29.8 Å². The van der Waals surface area contributed by atoms with E-state index in [-0.39, 0.29) is 0 Å². The first-order chi connectivity index (χ1) is 8.17. The Balaban J connectivity index is 2.69. The smallest absolute Gasteiger partial charge is 0.122 e. The fourth-order valence-corrected chi connectivity index (χ4v) is 1.64. The third-order valence-corrected chi connectivity index (χ3v) is 2.72. The van der Waals surface area contributed by atoms with Gasteiger partial charge in [0, 0.05) is 0 Å². The van der Waals surface area contributed by atoms with Crippen LogP contribution in [0.3, 0.4) is 0 Å². The van der Waals surface area contributed by atoms with E-state index in [4.69, 9.17) is 16.2 Å². The number of hydrogen-bond donors (Lipinski definition) is 2. The summed E-state index contributed by atoms with van der Waals surface area (Å²) in [5.74, 6) is 1.83. The molecule has 96 valence electrons. The molecule has 0 aliphatic rings. The summed E-state index contributed by atoms with van der Waals surface area (Å²) in [4.78, 5) is 0. The highest BCUT2D eigenvalue weighted by molar-refractivity contribution is 5.33. The lowest BCUT2D eigenvalue weighted by atomic mass is 9.99. The van der Waals surface area contributed by atoms with Crippen LogP contribution in [0, 0.1) is 11.8 Å². The number of benzene rings is 1. The van der Waals surface area contributed by atoms with Gasteiger partial charge in [-0.2, -0.15) is 0 Å². The summed E-state index contributed by atoms with van der Waals surface area (Å²) >= 11 is 0. The molecule has 0 aliphatic carbocycles. The summed E-state index contributed by atoms with van der Waals surface area (Å²) in [5, 5.41) is 0. The van der Waals surface area contributed by atoms with Gasteiger partial charge in [-0.3, -0.25) is 0 Å². The van der Waals surface area contributed by atoms with Crippen LogP contribution in [0.2, 0.25) is 0 Å². The van der Waals surface area contributed by atoms with Crippen LogP contribution in [-0.2, 0) is 6.42 Å². The average molecular weight is 236 g/mol. The fourth-order valence-electron chi connectivity index (χ4n) is 1.64. The van der Waals surface area contributed by atoms with Gasteiger partial charge in [-0.05, 0) is 43.0 Å². The molecule has 3 nitrogen and oxygen atoms in total. The topological polar surface area (TPSA) is 61.3 Å². The van der Waals surface area contributed by atoms with Crippen molar-refractivity contribution in [3.8, 4) is 5.75 Å². The van der Waals surface area contributed by atoms with E-state index in [1.54, 1.807) is 0 Å². The predicted molar refractivity (Wildman–Crippen MR) is 72.1 cm³/mol. The molecule has 0 spiro atoms. The van der Waals surface area contributed by atoms with Gasteiger partial charge in [0.1, 0.15) is 5.75 Å². The molecule has 1 aromatic carbocycles. The predicted octanol–water partition coefficient (Wildman–Crippen LogP) is 1.80. The Bertz CT molecular complexity index is 322. The lowest BCUT2D eigenvalue weighted by Crippen LogP contribution is -2.25. The molecule has 3 heteroatoms. The average Bonchev–Trinajstić information content (AvgIpc) is 2.34. The van der Waals surface area contributed by atoms with Crippen LogP contribution >= 0.6 is 0 Å². The SMILES string of the molecule is CC(C)COc1ccccc1CC(CN)CN. The van der Waals surface area contributed by atoms with Gasteiger partial charge < -0.3 is 16.2 Å². The van der Waals surface area contributed by atoms with Crippen LogP contribution in [0.15, 0.2) is 24.3 Å². The minimum atomic E-state index is 0.332. The van der Waals surface area contributed by atoms with Crippen LogP contribution in [0.25, 0.3) is 0 Å². The molecule has 4 N–H and O–H groups in total. The van der Waals surface area contributed by atoms with Crippen LogP contribution in [0.4, 0.5) is 0 Å². The molecule has 1 rings (SSSR count). The Morgan fingerprint density at radius 2 is 1.76 bits per heavy atom. The zero-order valence-corrected chi connectivity index (χ0v) is 10.9. The Hall–Kier alpha value is -1.06. The Morgan fingerprint density at radius 3 is 2.35 bits per heavy atom. The highest BCUT2D eigenvalue weighted by Gasteiger charge is 2.10. The maximum atomic E-state index is 5.81. The lowest BCUT2D eigenvalue weighted by molar-refractivity contribution is 0.267. The van der Waals surface area contributed by atoms with Gasteiger partial charge in [0.15, 0.2) is 0 Å². The van der Waals surface area contributed by atoms with E-state index in [2.05, 4.69) is 19.9 Å². The molecule has 0 atom stereocenters. The summed E-state index contributed by atoms with van der Waals surface area (Å²) in [6, 6.07) is 8.14. The standard InChI is InChI=1S/C14H24N2O/c1-11(2)10-17-14-6-4-3-5-13(14)7-12(8-15)9-16/h3-6,11-12H,7-10,15-16H2,1-2H3. The summed E-state index contributed by atoms with van der Waals surface area (Å²) in [6.45, 7) is 6.27. The van der Waals surface area contributed by atoms with Gasteiger partial charge in [-0.25, -0.2) is 0 Å². The highest BCUT2D eigenvalue weighted by Crippen LogP contribution is 2.21. The van der Waals surface area contributed by atoms with E-state index < -0.39 is 0 Å². The van der Waals surface area contributed by atoms with E-state index in [9.17, 15) is 0 Å². The second kappa shape index (κ2) is 7.30. The second-order valence-electron chi connectivity index (χ2n) is 4.85. The Labute approximate surface area is 104 Å².